The van der Waals surface area contributed by atoms with E-state index in [4.69, 9.17) is 4.74 Å². The molecule has 1 aliphatic rings. The molecule has 23 heavy (non-hydrogen) atoms. The minimum Gasteiger partial charge on any atom is -0.388 e. The number of rotatable bonds is 5. The van der Waals surface area contributed by atoms with Crippen LogP contribution in [-0.4, -0.2) is 61.8 Å². The van der Waals surface area contributed by atoms with Crippen molar-refractivity contribution in [2.45, 2.75) is 32.2 Å². The normalized spacial score (nSPS) is 20.8. The number of aliphatic hydroxyl groups is 1. The topological polar surface area (TPSA) is 85.4 Å². The van der Waals surface area contributed by atoms with Crippen LogP contribution in [0.15, 0.2) is 24.7 Å². The molecular formula is C15H21N5O3. The predicted molar refractivity (Wildman–Crippen MR) is 81.8 cm³/mol. The van der Waals surface area contributed by atoms with Crippen molar-refractivity contribution >= 4 is 5.91 Å². The van der Waals surface area contributed by atoms with E-state index in [1.54, 1.807) is 18.1 Å². The van der Waals surface area contributed by atoms with Gasteiger partial charge in [0.25, 0.3) is 5.91 Å². The van der Waals surface area contributed by atoms with Crippen molar-refractivity contribution in [2.75, 3.05) is 20.3 Å². The van der Waals surface area contributed by atoms with Gasteiger partial charge in [-0.1, -0.05) is 5.21 Å². The summed E-state index contributed by atoms with van der Waals surface area (Å²) in [4.78, 5) is 14.0. The standard InChI is InChI=1S/C15H21N5O3/c1-3-19-5-4-11(7-19)6-18(2)15(22)12-8-20(17-16-12)13-9-23-10-14(13)21/h4-5,7-8,13-14,21H,3,6,9-10H2,1-2H3/t13-,14-/m1/s1. The van der Waals surface area contributed by atoms with Crippen LogP contribution in [0.5, 0.6) is 0 Å². The van der Waals surface area contributed by atoms with E-state index in [9.17, 15) is 9.90 Å². The van der Waals surface area contributed by atoms with E-state index in [-0.39, 0.29) is 24.2 Å². The predicted octanol–water partition coefficient (Wildman–Crippen LogP) is 0.304. The van der Waals surface area contributed by atoms with Crippen molar-refractivity contribution in [3.05, 3.63) is 35.9 Å². The van der Waals surface area contributed by atoms with Crippen LogP contribution in [-0.2, 0) is 17.8 Å². The van der Waals surface area contributed by atoms with E-state index in [0.29, 0.717) is 13.2 Å². The molecule has 0 bridgehead atoms. The average molecular weight is 319 g/mol. The summed E-state index contributed by atoms with van der Waals surface area (Å²) in [5.74, 6) is -0.200. The summed E-state index contributed by atoms with van der Waals surface area (Å²) in [6.07, 6.45) is 4.96. The molecule has 1 N–H and O–H groups in total. The van der Waals surface area contributed by atoms with Crippen molar-refractivity contribution in [1.82, 2.24) is 24.5 Å². The minimum atomic E-state index is -0.619. The van der Waals surface area contributed by atoms with E-state index in [1.165, 1.54) is 4.68 Å². The number of ether oxygens (including phenoxy) is 1. The fraction of sp³-hybridized carbons (Fsp3) is 0.533. The van der Waals surface area contributed by atoms with Crippen LogP contribution in [0.4, 0.5) is 0 Å². The van der Waals surface area contributed by atoms with Gasteiger partial charge in [-0.3, -0.25) is 4.79 Å². The number of amides is 1. The van der Waals surface area contributed by atoms with Crippen molar-refractivity contribution in [1.29, 1.82) is 0 Å². The average Bonchev–Trinajstić information content (AvgIpc) is 3.26. The molecule has 0 unspecified atom stereocenters. The number of nitrogens with zero attached hydrogens (tertiary/aromatic N) is 5. The van der Waals surface area contributed by atoms with Gasteiger partial charge in [0.15, 0.2) is 5.69 Å². The van der Waals surface area contributed by atoms with Crippen LogP contribution in [0.2, 0.25) is 0 Å². The first-order valence-electron chi connectivity index (χ1n) is 7.66. The lowest BCUT2D eigenvalue weighted by Gasteiger charge is -2.14. The highest BCUT2D eigenvalue weighted by molar-refractivity contribution is 5.91. The van der Waals surface area contributed by atoms with Crippen LogP contribution in [0, 0.1) is 0 Å². The van der Waals surface area contributed by atoms with Crippen LogP contribution in [0.25, 0.3) is 0 Å². The molecule has 2 atom stereocenters. The first kappa shape index (κ1) is 15.7. The third-order valence-electron chi connectivity index (χ3n) is 4.03. The van der Waals surface area contributed by atoms with Crippen molar-refractivity contribution in [2.24, 2.45) is 0 Å². The number of hydrogen-bond donors (Lipinski definition) is 1. The number of aryl methyl sites for hydroxylation is 1. The van der Waals surface area contributed by atoms with E-state index in [0.717, 1.165) is 12.1 Å². The number of carbonyl (C=O) groups excluding carboxylic acids is 1. The summed E-state index contributed by atoms with van der Waals surface area (Å²) in [5.41, 5.74) is 1.33. The molecule has 1 saturated heterocycles. The first-order valence-corrected chi connectivity index (χ1v) is 7.66. The van der Waals surface area contributed by atoms with Crippen LogP contribution in [0.3, 0.4) is 0 Å². The Labute approximate surface area is 134 Å². The van der Waals surface area contributed by atoms with E-state index < -0.39 is 6.10 Å². The summed E-state index contributed by atoms with van der Waals surface area (Å²) in [6.45, 7) is 4.13. The Morgan fingerprint density at radius 3 is 2.96 bits per heavy atom. The minimum absolute atomic E-state index is 0.200. The Hall–Kier alpha value is -2.19. The van der Waals surface area contributed by atoms with Gasteiger partial charge in [-0.25, -0.2) is 4.68 Å². The Morgan fingerprint density at radius 2 is 2.30 bits per heavy atom. The third kappa shape index (κ3) is 3.27. The van der Waals surface area contributed by atoms with Gasteiger partial charge < -0.3 is 19.3 Å². The third-order valence-corrected chi connectivity index (χ3v) is 4.03. The van der Waals surface area contributed by atoms with Gasteiger partial charge in [0, 0.05) is 32.5 Å². The van der Waals surface area contributed by atoms with Gasteiger partial charge in [0.1, 0.15) is 12.1 Å². The van der Waals surface area contributed by atoms with Crippen molar-refractivity contribution in [3.8, 4) is 0 Å². The zero-order chi connectivity index (χ0) is 16.4. The summed E-state index contributed by atoms with van der Waals surface area (Å²) >= 11 is 0. The number of hydrogen-bond acceptors (Lipinski definition) is 5. The molecular weight excluding hydrogens is 298 g/mol. The zero-order valence-electron chi connectivity index (χ0n) is 13.3. The SMILES string of the molecule is CCn1ccc(CN(C)C(=O)c2cn([C@@H]3COC[C@H]3O)nn2)c1. The molecule has 3 rings (SSSR count). The molecule has 0 aliphatic carbocycles. The lowest BCUT2D eigenvalue weighted by molar-refractivity contribution is 0.0779. The molecule has 1 amide bonds. The highest BCUT2D eigenvalue weighted by atomic mass is 16.5. The Kier molecular flexibility index (Phi) is 4.44. The Morgan fingerprint density at radius 1 is 1.48 bits per heavy atom. The monoisotopic (exact) mass is 319 g/mol. The van der Waals surface area contributed by atoms with Gasteiger partial charge >= 0.3 is 0 Å². The van der Waals surface area contributed by atoms with E-state index in [1.807, 2.05) is 18.5 Å². The molecule has 3 heterocycles. The number of aromatic nitrogens is 4. The van der Waals surface area contributed by atoms with Crippen LogP contribution in [0.1, 0.15) is 29.0 Å². The summed E-state index contributed by atoms with van der Waals surface area (Å²) in [5, 5.41) is 17.7. The summed E-state index contributed by atoms with van der Waals surface area (Å²) in [7, 11) is 1.73. The number of carbonyl (C=O) groups is 1. The molecule has 0 saturated carbocycles. The summed E-state index contributed by atoms with van der Waals surface area (Å²) in [6, 6.07) is 1.71. The molecule has 0 radical (unpaired) electrons. The van der Waals surface area contributed by atoms with E-state index >= 15 is 0 Å². The zero-order valence-corrected chi connectivity index (χ0v) is 13.3. The Bertz CT molecular complexity index is 680. The molecule has 2 aromatic rings. The van der Waals surface area contributed by atoms with Gasteiger partial charge in [-0.05, 0) is 18.6 Å². The maximum atomic E-state index is 12.4. The largest absolute Gasteiger partial charge is 0.388 e. The second kappa shape index (κ2) is 6.51. The lowest BCUT2D eigenvalue weighted by Crippen LogP contribution is -2.26. The summed E-state index contributed by atoms with van der Waals surface area (Å²) < 4.78 is 8.76. The lowest BCUT2D eigenvalue weighted by atomic mass is 10.2. The van der Waals surface area contributed by atoms with Crippen molar-refractivity contribution in [3.63, 3.8) is 0 Å². The van der Waals surface area contributed by atoms with Crippen LogP contribution < -0.4 is 0 Å². The van der Waals surface area contributed by atoms with Gasteiger partial charge in [0.05, 0.1) is 19.4 Å². The molecule has 0 aromatic carbocycles. The fourth-order valence-corrected chi connectivity index (χ4v) is 2.64. The Balaban J connectivity index is 1.66. The molecule has 2 aromatic heterocycles. The second-order valence-corrected chi connectivity index (χ2v) is 5.77. The van der Waals surface area contributed by atoms with E-state index in [2.05, 4.69) is 21.8 Å². The molecule has 8 nitrogen and oxygen atoms in total. The maximum absolute atomic E-state index is 12.4. The highest BCUT2D eigenvalue weighted by Gasteiger charge is 2.29. The smallest absolute Gasteiger partial charge is 0.276 e. The van der Waals surface area contributed by atoms with Crippen molar-refractivity contribution < 1.29 is 14.6 Å². The highest BCUT2D eigenvalue weighted by Crippen LogP contribution is 2.18. The molecule has 124 valence electrons. The van der Waals surface area contributed by atoms with Gasteiger partial charge in [-0.15, -0.1) is 5.10 Å². The first-order chi connectivity index (χ1) is 11.1. The molecule has 8 heteroatoms. The quantitative estimate of drug-likeness (QED) is 0.857. The molecule has 1 fully saturated rings. The van der Waals surface area contributed by atoms with Crippen LogP contribution >= 0.6 is 0 Å². The van der Waals surface area contributed by atoms with Gasteiger partial charge in [-0.2, -0.15) is 0 Å². The van der Waals surface area contributed by atoms with Gasteiger partial charge in [0.2, 0.25) is 0 Å². The molecule has 0 spiro atoms. The molecule has 1 aliphatic heterocycles. The second-order valence-electron chi connectivity index (χ2n) is 5.77. The fourth-order valence-electron chi connectivity index (χ4n) is 2.64. The number of aliphatic hydroxyl groups excluding tert-OH is 1. The maximum Gasteiger partial charge on any atom is 0.276 e.